The number of hydrogen-bond donors (Lipinski definition) is 0. The molecule has 2 aromatic carbocycles. The van der Waals surface area contributed by atoms with Gasteiger partial charge in [0, 0.05) is 17.4 Å². The number of amides is 1. The second-order valence-corrected chi connectivity index (χ2v) is 9.76. The number of carbonyl (C=O) groups excluding carboxylic acids is 2. The third kappa shape index (κ3) is 5.53. The summed E-state index contributed by atoms with van der Waals surface area (Å²) in [6.45, 7) is 10.2. The highest BCUT2D eigenvalue weighted by Gasteiger charge is 2.42. The predicted molar refractivity (Wildman–Crippen MR) is 122 cm³/mol. The van der Waals surface area contributed by atoms with Gasteiger partial charge in [-0.25, -0.2) is 4.79 Å². The van der Waals surface area contributed by atoms with Crippen LogP contribution in [0.15, 0.2) is 54.6 Å². The molecule has 1 fully saturated rings. The third-order valence-corrected chi connectivity index (χ3v) is 5.85. The molecule has 2 aromatic rings. The van der Waals surface area contributed by atoms with Crippen LogP contribution in [-0.2, 0) is 19.7 Å². The van der Waals surface area contributed by atoms with E-state index in [-0.39, 0.29) is 18.7 Å². The van der Waals surface area contributed by atoms with E-state index in [0.29, 0.717) is 13.0 Å². The van der Waals surface area contributed by atoms with Gasteiger partial charge in [0.25, 0.3) is 0 Å². The summed E-state index contributed by atoms with van der Waals surface area (Å²) in [4.78, 5) is 26.3. The second kappa shape index (κ2) is 9.23. The summed E-state index contributed by atoms with van der Waals surface area (Å²) in [5.74, 6) is -0.264. The number of carbonyl (C=O) groups is 2. The van der Waals surface area contributed by atoms with Crippen molar-refractivity contribution in [2.75, 3.05) is 13.3 Å². The number of rotatable bonds is 4. The van der Waals surface area contributed by atoms with Gasteiger partial charge in [-0.05, 0) is 43.9 Å². The summed E-state index contributed by atoms with van der Waals surface area (Å²) in [7, 11) is 0. The molecule has 31 heavy (non-hydrogen) atoms. The van der Waals surface area contributed by atoms with Gasteiger partial charge in [0.15, 0.2) is 0 Å². The van der Waals surface area contributed by atoms with Crippen LogP contribution >= 0.6 is 0 Å². The highest BCUT2D eigenvalue weighted by molar-refractivity contribution is 5.69. The molecular formula is C26H33NO4. The Balaban J connectivity index is 1.93. The molecule has 0 bridgehead atoms. The van der Waals surface area contributed by atoms with Crippen LogP contribution in [0, 0.1) is 5.92 Å². The van der Waals surface area contributed by atoms with Gasteiger partial charge in [-0.2, -0.15) is 0 Å². The minimum atomic E-state index is -0.612. The zero-order valence-electron chi connectivity index (χ0n) is 19.1. The molecule has 0 saturated carbocycles. The summed E-state index contributed by atoms with van der Waals surface area (Å²) in [6.07, 6.45) is 1.04. The lowest BCUT2D eigenvalue weighted by Gasteiger charge is -2.42. The number of ether oxygens (including phenoxy) is 2. The van der Waals surface area contributed by atoms with Crippen molar-refractivity contribution in [1.29, 1.82) is 0 Å². The normalized spacial score (nSPS) is 20.1. The average Bonchev–Trinajstić information content (AvgIpc) is 2.96. The highest BCUT2D eigenvalue weighted by Crippen LogP contribution is 2.37. The summed E-state index contributed by atoms with van der Waals surface area (Å²) in [5.41, 5.74) is 2.36. The van der Waals surface area contributed by atoms with Crippen LogP contribution in [0.3, 0.4) is 0 Å². The molecule has 0 aromatic heterocycles. The maximum Gasteiger partial charge on any atom is 0.412 e. The van der Waals surface area contributed by atoms with Gasteiger partial charge in [0.05, 0.1) is 6.61 Å². The van der Waals surface area contributed by atoms with E-state index < -0.39 is 17.1 Å². The highest BCUT2D eigenvalue weighted by atomic mass is 16.6. The van der Waals surface area contributed by atoms with Crippen LogP contribution in [0.2, 0.25) is 0 Å². The van der Waals surface area contributed by atoms with E-state index in [1.165, 1.54) is 0 Å². The fourth-order valence-electron chi connectivity index (χ4n) is 4.07. The van der Waals surface area contributed by atoms with Crippen molar-refractivity contribution in [2.45, 2.75) is 58.1 Å². The number of hydrogen-bond acceptors (Lipinski definition) is 4. The van der Waals surface area contributed by atoms with Gasteiger partial charge >= 0.3 is 6.09 Å². The Morgan fingerprint density at radius 2 is 1.61 bits per heavy atom. The molecule has 1 unspecified atom stereocenters. The van der Waals surface area contributed by atoms with Crippen LogP contribution in [0.1, 0.15) is 46.6 Å². The topological polar surface area (TPSA) is 55.8 Å². The van der Waals surface area contributed by atoms with Crippen molar-refractivity contribution in [3.05, 3.63) is 60.2 Å². The summed E-state index contributed by atoms with van der Waals surface area (Å²) in [6, 6.07) is 18.4. The van der Waals surface area contributed by atoms with Crippen LogP contribution < -0.4 is 0 Å². The monoisotopic (exact) mass is 423 g/mol. The van der Waals surface area contributed by atoms with E-state index in [9.17, 15) is 9.59 Å². The Morgan fingerprint density at radius 3 is 2.19 bits per heavy atom. The van der Waals surface area contributed by atoms with Crippen LogP contribution in [0.5, 0.6) is 0 Å². The molecule has 1 aliphatic heterocycles. The van der Waals surface area contributed by atoms with Gasteiger partial charge in [0.2, 0.25) is 0 Å². The van der Waals surface area contributed by atoms with Gasteiger partial charge in [-0.3, -0.25) is 4.90 Å². The number of aldehydes is 1. The van der Waals surface area contributed by atoms with Crippen LogP contribution in [0.25, 0.3) is 11.1 Å². The van der Waals surface area contributed by atoms with Crippen molar-refractivity contribution in [2.24, 2.45) is 5.92 Å². The molecule has 5 nitrogen and oxygen atoms in total. The Kier molecular flexibility index (Phi) is 6.85. The first-order chi connectivity index (χ1) is 14.6. The zero-order chi connectivity index (χ0) is 22.6. The van der Waals surface area contributed by atoms with E-state index in [2.05, 4.69) is 50.2 Å². The summed E-state index contributed by atoms with van der Waals surface area (Å²) in [5, 5.41) is 0. The second-order valence-electron chi connectivity index (χ2n) is 9.76. The van der Waals surface area contributed by atoms with Gasteiger partial charge in [0.1, 0.15) is 18.6 Å². The molecule has 5 heteroatoms. The smallest absolute Gasteiger partial charge is 0.412 e. The first-order valence-electron chi connectivity index (χ1n) is 10.8. The standard InChI is InChI=1S/C26H33NO4/c1-25(2,3)31-24(29)27-18-30-17-19(16-28)15-23(27)26(4,5)22-13-11-21(12-14-22)20-9-7-6-8-10-20/h6-14,16,19,23H,15,17-18H2,1-5H3/t19?,23-/m0/s1. The Bertz CT molecular complexity index is 884. The average molecular weight is 424 g/mol. The molecular weight excluding hydrogens is 390 g/mol. The molecule has 166 valence electrons. The molecule has 2 atom stereocenters. The van der Waals surface area contributed by atoms with Crippen molar-refractivity contribution >= 4 is 12.4 Å². The quantitative estimate of drug-likeness (QED) is 0.615. The SMILES string of the molecule is CC(C)(C)OC(=O)N1COCC(C=O)C[C@H]1C(C)(C)c1ccc(-c2ccccc2)cc1. The lowest BCUT2D eigenvalue weighted by Crippen LogP contribution is -2.52. The molecule has 1 saturated heterocycles. The largest absolute Gasteiger partial charge is 0.444 e. The molecule has 0 radical (unpaired) electrons. The van der Waals surface area contributed by atoms with Gasteiger partial charge in [-0.15, -0.1) is 0 Å². The van der Waals surface area contributed by atoms with Crippen LogP contribution in [0.4, 0.5) is 4.79 Å². The van der Waals surface area contributed by atoms with E-state index >= 15 is 0 Å². The van der Waals surface area contributed by atoms with E-state index in [4.69, 9.17) is 9.47 Å². The molecule has 0 spiro atoms. The van der Waals surface area contributed by atoms with Crippen molar-refractivity contribution in [3.63, 3.8) is 0 Å². The van der Waals surface area contributed by atoms with Crippen molar-refractivity contribution in [1.82, 2.24) is 4.90 Å². The third-order valence-electron chi connectivity index (χ3n) is 5.85. The summed E-state index contributed by atoms with van der Waals surface area (Å²) >= 11 is 0. The van der Waals surface area contributed by atoms with E-state index in [1.807, 2.05) is 39.0 Å². The predicted octanol–water partition coefficient (Wildman–Crippen LogP) is 5.43. The first-order valence-corrected chi connectivity index (χ1v) is 10.8. The molecule has 3 rings (SSSR count). The molecule has 0 aliphatic carbocycles. The van der Waals surface area contributed by atoms with Crippen molar-refractivity contribution in [3.8, 4) is 11.1 Å². The Morgan fingerprint density at radius 1 is 1.00 bits per heavy atom. The minimum Gasteiger partial charge on any atom is -0.444 e. The van der Waals surface area contributed by atoms with Gasteiger partial charge < -0.3 is 14.3 Å². The van der Waals surface area contributed by atoms with E-state index in [1.54, 1.807) is 4.90 Å². The fourth-order valence-corrected chi connectivity index (χ4v) is 4.07. The maximum absolute atomic E-state index is 13.0. The zero-order valence-corrected chi connectivity index (χ0v) is 19.1. The maximum atomic E-state index is 13.0. The lowest BCUT2D eigenvalue weighted by atomic mass is 9.74. The van der Waals surface area contributed by atoms with Crippen molar-refractivity contribution < 1.29 is 19.1 Å². The Hall–Kier alpha value is -2.66. The Labute approximate surface area is 185 Å². The van der Waals surface area contributed by atoms with Crippen LogP contribution in [-0.4, -0.2) is 42.3 Å². The first kappa shape index (κ1) is 23.0. The molecule has 0 N–H and O–H groups in total. The molecule has 1 amide bonds. The summed E-state index contributed by atoms with van der Waals surface area (Å²) < 4.78 is 11.3. The molecule has 1 heterocycles. The molecule has 1 aliphatic rings. The lowest BCUT2D eigenvalue weighted by molar-refractivity contribution is -0.112. The fraction of sp³-hybridized carbons (Fsp3) is 0.462. The van der Waals surface area contributed by atoms with E-state index in [0.717, 1.165) is 23.0 Å². The number of nitrogens with zero attached hydrogens (tertiary/aromatic N) is 1. The minimum absolute atomic E-state index is 0.107. The number of benzene rings is 2. The van der Waals surface area contributed by atoms with Gasteiger partial charge in [-0.1, -0.05) is 68.4 Å².